The van der Waals surface area contributed by atoms with E-state index in [1.807, 2.05) is 16.6 Å². The van der Waals surface area contributed by atoms with Crippen LogP contribution in [0.4, 0.5) is 0 Å². The van der Waals surface area contributed by atoms with Crippen LogP contribution in [-0.2, 0) is 11.3 Å². The fourth-order valence-corrected chi connectivity index (χ4v) is 3.53. The van der Waals surface area contributed by atoms with Gasteiger partial charge in [-0.3, -0.25) is 14.7 Å². The number of carbonyl (C=O) groups excluding carboxylic acids is 1. The Hall–Kier alpha value is -0.980. The van der Waals surface area contributed by atoms with Crippen molar-refractivity contribution >= 4 is 17.2 Å². The molecule has 1 aromatic rings. The van der Waals surface area contributed by atoms with Gasteiger partial charge in [-0.2, -0.15) is 0 Å². The maximum absolute atomic E-state index is 12.6. The van der Waals surface area contributed by atoms with E-state index in [0.29, 0.717) is 5.91 Å². The van der Waals surface area contributed by atoms with E-state index in [2.05, 4.69) is 15.2 Å². The van der Waals surface area contributed by atoms with Crippen LogP contribution >= 0.6 is 11.3 Å². The highest BCUT2D eigenvalue weighted by Gasteiger charge is 2.34. The summed E-state index contributed by atoms with van der Waals surface area (Å²) >= 11 is 1.67. The molecule has 0 bridgehead atoms. The Bertz CT molecular complexity index is 416. The Morgan fingerprint density at radius 1 is 1.42 bits per heavy atom. The third-order valence-electron chi connectivity index (χ3n) is 3.92. The maximum atomic E-state index is 12.6. The molecule has 5 nitrogen and oxygen atoms in total. The maximum Gasteiger partial charge on any atom is 0.240 e. The highest BCUT2D eigenvalue weighted by molar-refractivity contribution is 7.09. The lowest BCUT2D eigenvalue weighted by Crippen LogP contribution is -2.52. The van der Waals surface area contributed by atoms with Crippen LogP contribution in [0.2, 0.25) is 0 Å². The molecule has 3 rings (SSSR count). The average Bonchev–Trinajstić information content (AvgIpc) is 3.11. The summed E-state index contributed by atoms with van der Waals surface area (Å²) in [5, 5.41) is 3.29. The quantitative estimate of drug-likeness (QED) is 0.878. The molecule has 6 heteroatoms. The van der Waals surface area contributed by atoms with Crippen molar-refractivity contribution < 1.29 is 4.79 Å². The van der Waals surface area contributed by atoms with Crippen LogP contribution in [0.1, 0.15) is 17.7 Å². The highest BCUT2D eigenvalue weighted by Crippen LogP contribution is 2.23. The van der Waals surface area contributed by atoms with Crippen molar-refractivity contribution in [3.05, 3.63) is 16.6 Å². The SMILES string of the molecule is O=C(C1CCCN1Cc1cncs1)N1CCNCC1. The number of aromatic nitrogens is 1. The van der Waals surface area contributed by atoms with Crippen molar-refractivity contribution in [2.24, 2.45) is 0 Å². The fourth-order valence-electron chi connectivity index (χ4n) is 2.91. The Morgan fingerprint density at radius 3 is 3.00 bits per heavy atom. The molecular formula is C13H20N4OS. The van der Waals surface area contributed by atoms with E-state index in [4.69, 9.17) is 0 Å². The average molecular weight is 280 g/mol. The molecule has 0 radical (unpaired) electrons. The minimum atomic E-state index is 0.0835. The molecule has 2 aliphatic heterocycles. The van der Waals surface area contributed by atoms with Gasteiger partial charge in [0.05, 0.1) is 11.6 Å². The summed E-state index contributed by atoms with van der Waals surface area (Å²) in [5.74, 6) is 0.323. The van der Waals surface area contributed by atoms with Crippen LogP contribution in [-0.4, -0.2) is 59.5 Å². The smallest absolute Gasteiger partial charge is 0.240 e. The second-order valence-electron chi connectivity index (χ2n) is 5.17. The molecule has 2 saturated heterocycles. The van der Waals surface area contributed by atoms with E-state index < -0.39 is 0 Å². The molecular weight excluding hydrogens is 260 g/mol. The van der Waals surface area contributed by atoms with Gasteiger partial charge < -0.3 is 10.2 Å². The predicted octanol–water partition coefficient (Wildman–Crippen LogP) is 0.539. The fraction of sp³-hybridized carbons (Fsp3) is 0.692. The third kappa shape index (κ3) is 2.96. The van der Waals surface area contributed by atoms with E-state index in [1.165, 1.54) is 4.88 Å². The lowest BCUT2D eigenvalue weighted by molar-refractivity contribution is -0.136. The summed E-state index contributed by atoms with van der Waals surface area (Å²) in [6, 6.07) is 0.0835. The molecule has 0 aliphatic carbocycles. The molecule has 1 amide bonds. The zero-order valence-corrected chi connectivity index (χ0v) is 11.9. The van der Waals surface area contributed by atoms with Crippen molar-refractivity contribution in [1.82, 2.24) is 20.1 Å². The molecule has 104 valence electrons. The van der Waals surface area contributed by atoms with Gasteiger partial charge in [0, 0.05) is 43.8 Å². The molecule has 0 aromatic carbocycles. The molecule has 3 heterocycles. The number of carbonyl (C=O) groups is 1. The third-order valence-corrected chi connectivity index (χ3v) is 4.68. The van der Waals surface area contributed by atoms with E-state index in [-0.39, 0.29) is 6.04 Å². The molecule has 0 saturated carbocycles. The van der Waals surface area contributed by atoms with E-state index in [0.717, 1.165) is 52.1 Å². The largest absolute Gasteiger partial charge is 0.339 e. The van der Waals surface area contributed by atoms with Gasteiger partial charge in [0.15, 0.2) is 0 Å². The summed E-state index contributed by atoms with van der Waals surface area (Å²) in [6.07, 6.45) is 4.04. The molecule has 1 aromatic heterocycles. The van der Waals surface area contributed by atoms with Gasteiger partial charge >= 0.3 is 0 Å². The normalized spacial score (nSPS) is 24.8. The van der Waals surface area contributed by atoms with Gasteiger partial charge in [-0.15, -0.1) is 11.3 Å². The number of nitrogens with one attached hydrogen (secondary N) is 1. The minimum absolute atomic E-state index is 0.0835. The Labute approximate surface area is 117 Å². The van der Waals surface area contributed by atoms with Gasteiger partial charge in [-0.1, -0.05) is 0 Å². The molecule has 19 heavy (non-hydrogen) atoms. The first kappa shape index (κ1) is 13.0. The first-order chi connectivity index (χ1) is 9.34. The van der Waals surface area contributed by atoms with Gasteiger partial charge in [-0.25, -0.2) is 0 Å². The van der Waals surface area contributed by atoms with Gasteiger partial charge in [-0.05, 0) is 19.4 Å². The van der Waals surface area contributed by atoms with Crippen LogP contribution in [0.15, 0.2) is 11.7 Å². The number of likely N-dealkylation sites (tertiary alicyclic amines) is 1. The Balaban J connectivity index is 1.63. The minimum Gasteiger partial charge on any atom is -0.339 e. The first-order valence-electron chi connectivity index (χ1n) is 6.95. The van der Waals surface area contributed by atoms with Gasteiger partial charge in [0.1, 0.15) is 0 Å². The molecule has 1 unspecified atom stereocenters. The van der Waals surface area contributed by atoms with E-state index in [9.17, 15) is 4.79 Å². The van der Waals surface area contributed by atoms with Crippen molar-refractivity contribution in [2.45, 2.75) is 25.4 Å². The molecule has 1 atom stereocenters. The number of nitrogens with zero attached hydrogens (tertiary/aromatic N) is 3. The summed E-state index contributed by atoms with van der Waals surface area (Å²) in [4.78, 5) is 22.3. The summed E-state index contributed by atoms with van der Waals surface area (Å²) < 4.78 is 0. The molecule has 2 aliphatic rings. The van der Waals surface area contributed by atoms with E-state index >= 15 is 0 Å². The van der Waals surface area contributed by atoms with Crippen molar-refractivity contribution in [1.29, 1.82) is 0 Å². The number of thiazole rings is 1. The zero-order chi connectivity index (χ0) is 13.1. The number of piperazine rings is 1. The number of amides is 1. The summed E-state index contributed by atoms with van der Waals surface area (Å²) in [6.45, 7) is 5.45. The first-order valence-corrected chi connectivity index (χ1v) is 7.83. The van der Waals surface area contributed by atoms with E-state index in [1.54, 1.807) is 11.3 Å². The van der Waals surface area contributed by atoms with Crippen molar-refractivity contribution in [2.75, 3.05) is 32.7 Å². The van der Waals surface area contributed by atoms with Crippen LogP contribution in [0.3, 0.4) is 0 Å². The predicted molar refractivity (Wildman–Crippen MR) is 75.0 cm³/mol. The van der Waals surface area contributed by atoms with Crippen LogP contribution in [0.25, 0.3) is 0 Å². The van der Waals surface area contributed by atoms with Crippen molar-refractivity contribution in [3.8, 4) is 0 Å². The number of hydrogen-bond donors (Lipinski definition) is 1. The topological polar surface area (TPSA) is 48.5 Å². The lowest BCUT2D eigenvalue weighted by Gasteiger charge is -2.32. The highest BCUT2D eigenvalue weighted by atomic mass is 32.1. The summed E-state index contributed by atoms with van der Waals surface area (Å²) in [7, 11) is 0. The second-order valence-corrected chi connectivity index (χ2v) is 6.14. The van der Waals surface area contributed by atoms with Crippen LogP contribution in [0, 0.1) is 0 Å². The Morgan fingerprint density at radius 2 is 2.26 bits per heavy atom. The monoisotopic (exact) mass is 280 g/mol. The molecule has 2 fully saturated rings. The van der Waals surface area contributed by atoms with Gasteiger partial charge in [0.2, 0.25) is 5.91 Å². The summed E-state index contributed by atoms with van der Waals surface area (Å²) in [5.41, 5.74) is 1.86. The van der Waals surface area contributed by atoms with Gasteiger partial charge in [0.25, 0.3) is 0 Å². The second kappa shape index (κ2) is 5.98. The standard InChI is InChI=1S/C13H20N4OS/c18-13(16-6-3-14-4-7-16)12-2-1-5-17(12)9-11-8-15-10-19-11/h8,10,12,14H,1-7,9H2. The number of hydrogen-bond acceptors (Lipinski definition) is 5. The number of rotatable bonds is 3. The molecule has 1 N–H and O–H groups in total. The molecule has 0 spiro atoms. The van der Waals surface area contributed by atoms with Crippen molar-refractivity contribution in [3.63, 3.8) is 0 Å². The van der Waals surface area contributed by atoms with Crippen LogP contribution < -0.4 is 5.32 Å². The van der Waals surface area contributed by atoms with Crippen LogP contribution in [0.5, 0.6) is 0 Å². The Kier molecular flexibility index (Phi) is 4.10. The zero-order valence-electron chi connectivity index (χ0n) is 11.0. The lowest BCUT2D eigenvalue weighted by atomic mass is 10.1.